The second kappa shape index (κ2) is 16.4. The molecule has 0 bridgehead atoms. The van der Waals surface area contributed by atoms with Gasteiger partial charge in [0.1, 0.15) is 23.2 Å². The first-order chi connectivity index (χ1) is 22.8. The van der Waals surface area contributed by atoms with Crippen molar-refractivity contribution < 1.29 is 28.7 Å². The van der Waals surface area contributed by atoms with Crippen LogP contribution in [0.4, 0.5) is 10.6 Å². The topological polar surface area (TPSA) is 144 Å². The van der Waals surface area contributed by atoms with E-state index < -0.39 is 41.1 Å². The Bertz CT molecular complexity index is 1510. The number of aromatic nitrogens is 2. The van der Waals surface area contributed by atoms with E-state index in [0.29, 0.717) is 13.1 Å². The van der Waals surface area contributed by atoms with E-state index in [1.165, 1.54) is 20.2 Å². The molecule has 0 spiro atoms. The fourth-order valence-electron chi connectivity index (χ4n) is 5.30. The molecule has 12 nitrogen and oxygen atoms in total. The normalized spacial score (nSPS) is 15.1. The maximum Gasteiger partial charge on any atom is 0.408 e. The fourth-order valence-corrected chi connectivity index (χ4v) is 5.30. The van der Waals surface area contributed by atoms with Gasteiger partial charge in [0.15, 0.2) is 5.82 Å². The molecular weight excluding hydrogens is 612 g/mol. The van der Waals surface area contributed by atoms with Gasteiger partial charge in [-0.2, -0.15) is 0 Å². The number of nitrogens with one attached hydrogen (secondary N) is 3. The number of rotatable bonds is 12. The van der Waals surface area contributed by atoms with Gasteiger partial charge in [0.25, 0.3) is 5.91 Å². The van der Waals surface area contributed by atoms with Gasteiger partial charge in [-0.1, -0.05) is 73.5 Å². The van der Waals surface area contributed by atoms with E-state index >= 15 is 0 Å². The molecule has 0 radical (unpaired) electrons. The lowest BCUT2D eigenvalue weighted by Crippen LogP contribution is -2.59. The summed E-state index contributed by atoms with van der Waals surface area (Å²) in [5.41, 5.74) is -0.473. The third-order valence-corrected chi connectivity index (χ3v) is 7.82. The Labute approximate surface area is 282 Å². The summed E-state index contributed by atoms with van der Waals surface area (Å²) in [5.74, 6) is -1.02. The molecule has 0 aliphatic carbocycles. The number of hydrogen-bond acceptors (Lipinski definition) is 7. The van der Waals surface area contributed by atoms with Crippen molar-refractivity contribution >= 4 is 29.6 Å². The van der Waals surface area contributed by atoms with Gasteiger partial charge in [-0.05, 0) is 58.6 Å². The van der Waals surface area contributed by atoms with Gasteiger partial charge in [-0.25, -0.2) is 9.78 Å². The summed E-state index contributed by atoms with van der Waals surface area (Å²) in [6, 6.07) is 17.1. The van der Waals surface area contributed by atoms with Crippen molar-refractivity contribution in [2.75, 3.05) is 25.0 Å². The molecule has 12 heteroatoms. The van der Waals surface area contributed by atoms with Crippen LogP contribution in [-0.2, 0) is 30.5 Å². The van der Waals surface area contributed by atoms with Gasteiger partial charge in [0.2, 0.25) is 11.8 Å². The van der Waals surface area contributed by atoms with Crippen molar-refractivity contribution in [3.8, 4) is 0 Å². The number of nitrogens with zero attached hydrogens (tertiary/aromatic N) is 3. The molecule has 3 N–H and O–H groups in total. The Hall–Kier alpha value is -4.71. The number of carbonyl (C=O) groups excluding carboxylic acids is 4. The molecule has 4 amide bonds. The average molecular weight is 661 g/mol. The molecule has 48 heavy (non-hydrogen) atoms. The lowest BCUT2D eigenvalue weighted by Gasteiger charge is -2.29. The molecule has 258 valence electrons. The van der Waals surface area contributed by atoms with Crippen LogP contribution in [-0.4, -0.2) is 75.1 Å². The highest BCUT2D eigenvalue weighted by Crippen LogP contribution is 2.24. The molecule has 0 saturated carbocycles. The van der Waals surface area contributed by atoms with Gasteiger partial charge < -0.3 is 34.9 Å². The van der Waals surface area contributed by atoms with Crippen LogP contribution in [0.15, 0.2) is 73.2 Å². The molecule has 2 aromatic carbocycles. The predicted octanol–water partition coefficient (Wildman–Crippen LogP) is 4.82. The maximum atomic E-state index is 13.9. The Morgan fingerprint density at radius 2 is 1.50 bits per heavy atom. The summed E-state index contributed by atoms with van der Waals surface area (Å²) in [7, 11) is 0. The summed E-state index contributed by atoms with van der Waals surface area (Å²) in [5, 5.41) is 8.05. The zero-order valence-electron chi connectivity index (χ0n) is 28.5. The number of amides is 4. The summed E-state index contributed by atoms with van der Waals surface area (Å²) < 4.78 is 12.9. The zero-order valence-corrected chi connectivity index (χ0v) is 28.5. The molecule has 1 aromatic heterocycles. The second-order valence-electron chi connectivity index (χ2n) is 13.5. The number of imidazole rings is 1. The van der Waals surface area contributed by atoms with Crippen LogP contribution < -0.4 is 16.0 Å². The molecule has 2 atom stereocenters. The molecule has 2 heterocycles. The molecule has 3 aromatic rings. The standard InChI is InChI=1S/C36H48N6O6/c1-35(2,3)48-34(46)40-36(4,5)33(45)38-28(24-47-23-26-16-10-8-11-17-26)31(43)39-29-22-42(25-37-29)30(27-18-12-9-13-19-27)32(44)41-20-14-6-7-15-21-41/h8-13,16-19,22,25,28,30H,6-7,14-15,20-21,23-24H2,1-5H3,(H,38,45)(H,39,43)(H,40,46)/t28-,30?/m1/s1. The van der Waals surface area contributed by atoms with E-state index in [-0.39, 0.29) is 24.9 Å². The first-order valence-corrected chi connectivity index (χ1v) is 16.4. The number of ether oxygens (including phenoxy) is 2. The van der Waals surface area contributed by atoms with Crippen molar-refractivity contribution in [3.05, 3.63) is 84.3 Å². The van der Waals surface area contributed by atoms with Crippen molar-refractivity contribution in [3.63, 3.8) is 0 Å². The lowest BCUT2D eigenvalue weighted by molar-refractivity contribution is -0.133. The van der Waals surface area contributed by atoms with E-state index in [0.717, 1.165) is 36.8 Å². The summed E-state index contributed by atoms with van der Waals surface area (Å²) >= 11 is 0. The first kappa shape index (κ1) is 36.1. The highest BCUT2D eigenvalue weighted by Gasteiger charge is 2.35. The number of benzene rings is 2. The quantitative estimate of drug-likeness (QED) is 0.253. The van der Waals surface area contributed by atoms with Crippen LogP contribution in [0.5, 0.6) is 0 Å². The smallest absolute Gasteiger partial charge is 0.408 e. The second-order valence-corrected chi connectivity index (χ2v) is 13.5. The maximum absolute atomic E-state index is 13.9. The Kier molecular flexibility index (Phi) is 12.4. The van der Waals surface area contributed by atoms with Crippen LogP contribution in [0, 0.1) is 0 Å². The highest BCUT2D eigenvalue weighted by atomic mass is 16.6. The third-order valence-electron chi connectivity index (χ3n) is 7.82. The van der Waals surface area contributed by atoms with Crippen LogP contribution in [0.2, 0.25) is 0 Å². The van der Waals surface area contributed by atoms with Crippen LogP contribution in [0.3, 0.4) is 0 Å². The molecule has 1 saturated heterocycles. The van der Waals surface area contributed by atoms with Gasteiger partial charge in [0, 0.05) is 19.3 Å². The van der Waals surface area contributed by atoms with Gasteiger partial charge in [-0.3, -0.25) is 14.4 Å². The zero-order chi connectivity index (χ0) is 34.7. The molecule has 4 rings (SSSR count). The molecule has 1 aliphatic heterocycles. The van der Waals surface area contributed by atoms with E-state index in [9.17, 15) is 19.2 Å². The highest BCUT2D eigenvalue weighted by molar-refractivity contribution is 5.98. The minimum atomic E-state index is -1.42. The van der Waals surface area contributed by atoms with Crippen LogP contribution >= 0.6 is 0 Å². The van der Waals surface area contributed by atoms with E-state index in [1.54, 1.807) is 31.5 Å². The minimum Gasteiger partial charge on any atom is -0.444 e. The molecule has 1 aliphatic rings. The number of likely N-dealkylation sites (tertiary alicyclic amines) is 1. The van der Waals surface area contributed by atoms with Gasteiger partial charge in [-0.15, -0.1) is 0 Å². The van der Waals surface area contributed by atoms with Gasteiger partial charge in [0.05, 0.1) is 19.5 Å². The van der Waals surface area contributed by atoms with Gasteiger partial charge >= 0.3 is 6.09 Å². The van der Waals surface area contributed by atoms with Crippen molar-refractivity contribution in [2.24, 2.45) is 0 Å². The SMILES string of the molecule is CC(C)(C)OC(=O)NC(C)(C)C(=O)N[C@H](COCc1ccccc1)C(=O)Nc1cn(C(C(=O)N2CCCCCC2)c2ccccc2)cn1. The predicted molar refractivity (Wildman–Crippen MR) is 182 cm³/mol. The van der Waals surface area contributed by atoms with E-state index in [2.05, 4.69) is 20.9 Å². The van der Waals surface area contributed by atoms with E-state index in [1.807, 2.05) is 65.6 Å². The average Bonchev–Trinajstić information content (AvgIpc) is 3.30. The number of carbonyl (C=O) groups is 4. The Balaban J connectivity index is 1.51. The molecule has 1 unspecified atom stereocenters. The van der Waals surface area contributed by atoms with E-state index in [4.69, 9.17) is 9.47 Å². The van der Waals surface area contributed by atoms with Crippen molar-refractivity contribution in [1.29, 1.82) is 0 Å². The minimum absolute atomic E-state index is 0.0300. The summed E-state index contributed by atoms with van der Waals surface area (Å²) in [6.45, 7) is 9.64. The first-order valence-electron chi connectivity index (χ1n) is 16.4. The fraction of sp³-hybridized carbons (Fsp3) is 0.472. The molecular formula is C36H48N6O6. The summed E-state index contributed by atoms with van der Waals surface area (Å²) in [4.78, 5) is 59.7. The Morgan fingerprint density at radius 1 is 0.875 bits per heavy atom. The third kappa shape index (κ3) is 10.7. The van der Waals surface area contributed by atoms with Crippen LogP contribution in [0.25, 0.3) is 0 Å². The van der Waals surface area contributed by atoms with Crippen LogP contribution in [0.1, 0.15) is 77.5 Å². The number of anilines is 1. The number of alkyl carbamates (subject to hydrolysis) is 1. The Morgan fingerprint density at radius 3 is 2.12 bits per heavy atom. The van der Waals surface area contributed by atoms with Crippen molar-refractivity contribution in [2.45, 2.75) is 90.1 Å². The number of hydrogen-bond donors (Lipinski definition) is 3. The van der Waals surface area contributed by atoms with Crippen molar-refractivity contribution in [1.82, 2.24) is 25.1 Å². The largest absolute Gasteiger partial charge is 0.444 e. The molecule has 1 fully saturated rings. The summed E-state index contributed by atoms with van der Waals surface area (Å²) in [6.07, 6.45) is 6.49. The lowest BCUT2D eigenvalue weighted by atomic mass is 10.0. The monoisotopic (exact) mass is 660 g/mol.